The third-order valence-corrected chi connectivity index (χ3v) is 4.31. The number of benzene rings is 1. The van der Waals surface area contributed by atoms with E-state index in [0.29, 0.717) is 17.2 Å². The lowest BCUT2D eigenvalue weighted by Crippen LogP contribution is -2.21. The van der Waals surface area contributed by atoms with Crippen molar-refractivity contribution >= 4 is 11.6 Å². The summed E-state index contributed by atoms with van der Waals surface area (Å²) >= 11 is 0. The van der Waals surface area contributed by atoms with Gasteiger partial charge < -0.3 is 9.73 Å². The van der Waals surface area contributed by atoms with Gasteiger partial charge in [0.2, 0.25) is 0 Å². The fraction of sp³-hybridized carbons (Fsp3) is 0.421. The van der Waals surface area contributed by atoms with Gasteiger partial charge >= 0.3 is 0 Å². The maximum absolute atomic E-state index is 12.6. The Morgan fingerprint density at radius 1 is 1.30 bits per heavy atom. The van der Waals surface area contributed by atoms with Crippen LogP contribution < -0.4 is 5.32 Å². The number of carbonyl (C=O) groups is 1. The Morgan fingerprint density at radius 3 is 2.74 bits per heavy atom. The lowest BCUT2D eigenvalue weighted by atomic mass is 10.1. The molecule has 4 nitrogen and oxygen atoms in total. The highest BCUT2D eigenvalue weighted by molar-refractivity contribution is 6.06. The highest BCUT2D eigenvalue weighted by Crippen LogP contribution is 2.30. The zero-order chi connectivity index (χ0) is 16.6. The summed E-state index contributed by atoms with van der Waals surface area (Å²) in [5.41, 5.74) is 4.97. The Morgan fingerprint density at radius 2 is 2.09 bits per heavy atom. The molecule has 122 valence electrons. The number of carbonyl (C=O) groups excluding carboxylic acids is 1. The second-order valence-electron chi connectivity index (χ2n) is 6.81. The van der Waals surface area contributed by atoms with Gasteiger partial charge in [-0.3, -0.25) is 9.69 Å². The van der Waals surface area contributed by atoms with Crippen LogP contribution >= 0.6 is 0 Å². The van der Waals surface area contributed by atoms with E-state index < -0.39 is 0 Å². The summed E-state index contributed by atoms with van der Waals surface area (Å²) in [5.74, 6) is 1.21. The highest BCUT2D eigenvalue weighted by atomic mass is 16.3. The molecule has 0 saturated carbocycles. The Kier molecular flexibility index (Phi) is 4.26. The maximum Gasteiger partial charge on any atom is 0.259 e. The first-order valence-electron chi connectivity index (χ1n) is 8.15. The minimum absolute atomic E-state index is 0.0931. The van der Waals surface area contributed by atoms with Gasteiger partial charge in [0.05, 0.1) is 11.8 Å². The summed E-state index contributed by atoms with van der Waals surface area (Å²) in [5, 5.41) is 3.07. The van der Waals surface area contributed by atoms with Crippen molar-refractivity contribution in [3.8, 4) is 0 Å². The maximum atomic E-state index is 12.6. The van der Waals surface area contributed by atoms with Crippen LogP contribution in [0, 0.1) is 19.8 Å². The van der Waals surface area contributed by atoms with Crippen LogP contribution in [0.1, 0.15) is 46.7 Å². The summed E-state index contributed by atoms with van der Waals surface area (Å²) in [6.45, 7) is 11.1. The van der Waals surface area contributed by atoms with Crippen LogP contribution in [-0.2, 0) is 13.1 Å². The number of furan rings is 1. The number of aryl methyl sites for hydroxylation is 2. The number of anilines is 1. The molecule has 1 N–H and O–H groups in total. The van der Waals surface area contributed by atoms with E-state index in [2.05, 4.69) is 30.1 Å². The topological polar surface area (TPSA) is 45.5 Å². The molecule has 2 aromatic rings. The minimum Gasteiger partial charge on any atom is -0.469 e. The summed E-state index contributed by atoms with van der Waals surface area (Å²) in [7, 11) is 0. The molecule has 0 saturated heterocycles. The third kappa shape index (κ3) is 3.17. The SMILES string of the molecule is Cc1coc(C)c1C(=O)Nc1cccc2c1CN(CC(C)C)C2. The molecule has 3 rings (SSSR count). The molecule has 0 atom stereocenters. The van der Waals surface area contributed by atoms with Crippen molar-refractivity contribution in [2.45, 2.75) is 40.8 Å². The van der Waals surface area contributed by atoms with Crippen molar-refractivity contribution in [2.24, 2.45) is 5.92 Å². The monoisotopic (exact) mass is 312 g/mol. The molecule has 0 spiro atoms. The van der Waals surface area contributed by atoms with E-state index in [1.165, 1.54) is 11.1 Å². The van der Waals surface area contributed by atoms with E-state index in [-0.39, 0.29) is 5.91 Å². The fourth-order valence-electron chi connectivity index (χ4n) is 3.35. The van der Waals surface area contributed by atoms with E-state index in [0.717, 1.165) is 30.9 Å². The first kappa shape index (κ1) is 15.8. The van der Waals surface area contributed by atoms with Crippen molar-refractivity contribution in [1.82, 2.24) is 4.90 Å². The van der Waals surface area contributed by atoms with Crippen molar-refractivity contribution in [1.29, 1.82) is 0 Å². The summed E-state index contributed by atoms with van der Waals surface area (Å²) in [4.78, 5) is 15.0. The van der Waals surface area contributed by atoms with Crippen molar-refractivity contribution < 1.29 is 9.21 Å². The fourth-order valence-corrected chi connectivity index (χ4v) is 3.35. The molecular weight excluding hydrogens is 288 g/mol. The van der Waals surface area contributed by atoms with Crippen LogP contribution in [0.4, 0.5) is 5.69 Å². The van der Waals surface area contributed by atoms with E-state index in [4.69, 9.17) is 4.42 Å². The molecule has 1 aliphatic rings. The minimum atomic E-state index is -0.0931. The van der Waals surface area contributed by atoms with Crippen LogP contribution in [0.15, 0.2) is 28.9 Å². The van der Waals surface area contributed by atoms with Gasteiger partial charge in [-0.15, -0.1) is 0 Å². The number of amides is 1. The quantitative estimate of drug-likeness (QED) is 0.923. The highest BCUT2D eigenvalue weighted by Gasteiger charge is 2.24. The average molecular weight is 312 g/mol. The number of fused-ring (bicyclic) bond motifs is 1. The van der Waals surface area contributed by atoms with Crippen molar-refractivity contribution in [3.63, 3.8) is 0 Å². The molecule has 0 unspecified atom stereocenters. The van der Waals surface area contributed by atoms with Gasteiger partial charge in [-0.2, -0.15) is 0 Å². The molecule has 0 radical (unpaired) electrons. The molecule has 2 heterocycles. The normalized spacial score (nSPS) is 14.3. The van der Waals surface area contributed by atoms with Crippen LogP contribution in [0.25, 0.3) is 0 Å². The Bertz CT molecular complexity index is 711. The molecule has 1 amide bonds. The largest absolute Gasteiger partial charge is 0.469 e. The third-order valence-electron chi connectivity index (χ3n) is 4.31. The lowest BCUT2D eigenvalue weighted by Gasteiger charge is -2.17. The van der Waals surface area contributed by atoms with Crippen molar-refractivity contribution in [3.05, 3.63) is 52.5 Å². The van der Waals surface area contributed by atoms with E-state index in [1.807, 2.05) is 26.0 Å². The molecule has 0 fully saturated rings. The Balaban J connectivity index is 1.81. The Labute approximate surface area is 137 Å². The molecule has 0 aliphatic carbocycles. The van der Waals surface area contributed by atoms with Gasteiger partial charge in [-0.05, 0) is 37.0 Å². The number of rotatable bonds is 4. The summed E-state index contributed by atoms with van der Waals surface area (Å²) in [6.07, 6.45) is 1.63. The molecule has 1 aromatic heterocycles. The van der Waals surface area contributed by atoms with Crippen LogP contribution in [-0.4, -0.2) is 17.4 Å². The molecule has 1 aromatic carbocycles. The summed E-state index contributed by atoms with van der Waals surface area (Å²) in [6, 6.07) is 6.16. The van der Waals surface area contributed by atoms with Gasteiger partial charge in [0.25, 0.3) is 5.91 Å². The smallest absolute Gasteiger partial charge is 0.259 e. The predicted octanol–water partition coefficient (Wildman–Crippen LogP) is 4.12. The number of hydrogen-bond donors (Lipinski definition) is 1. The lowest BCUT2D eigenvalue weighted by molar-refractivity contribution is 0.102. The van der Waals surface area contributed by atoms with Gasteiger partial charge in [0.1, 0.15) is 5.76 Å². The van der Waals surface area contributed by atoms with Crippen molar-refractivity contribution in [2.75, 3.05) is 11.9 Å². The van der Waals surface area contributed by atoms with Gasteiger partial charge in [0.15, 0.2) is 0 Å². The second kappa shape index (κ2) is 6.20. The van der Waals surface area contributed by atoms with E-state index in [1.54, 1.807) is 6.26 Å². The van der Waals surface area contributed by atoms with E-state index >= 15 is 0 Å². The average Bonchev–Trinajstić information content (AvgIpc) is 3.02. The molecule has 1 aliphatic heterocycles. The zero-order valence-electron chi connectivity index (χ0n) is 14.3. The zero-order valence-corrected chi connectivity index (χ0v) is 14.3. The molecule has 0 bridgehead atoms. The number of nitrogens with zero attached hydrogens (tertiary/aromatic N) is 1. The first-order valence-corrected chi connectivity index (χ1v) is 8.15. The Hall–Kier alpha value is -2.07. The first-order chi connectivity index (χ1) is 11.0. The van der Waals surface area contributed by atoms with Crippen LogP contribution in [0.3, 0.4) is 0 Å². The molecular formula is C19H24N2O2. The molecule has 4 heteroatoms. The van der Waals surface area contributed by atoms with Crippen LogP contribution in [0.5, 0.6) is 0 Å². The molecule has 23 heavy (non-hydrogen) atoms. The number of nitrogens with one attached hydrogen (secondary N) is 1. The standard InChI is InChI=1S/C19H24N2O2/c1-12(2)8-21-9-15-6-5-7-17(16(15)10-21)20-19(22)18-13(3)11-23-14(18)4/h5-7,11-12H,8-10H2,1-4H3,(H,20,22). The van der Waals surface area contributed by atoms with Gasteiger partial charge in [-0.1, -0.05) is 26.0 Å². The van der Waals surface area contributed by atoms with Gasteiger partial charge in [0, 0.05) is 30.9 Å². The second-order valence-corrected chi connectivity index (χ2v) is 6.81. The van der Waals surface area contributed by atoms with Crippen LogP contribution in [0.2, 0.25) is 0 Å². The van der Waals surface area contributed by atoms with E-state index in [9.17, 15) is 4.79 Å². The number of hydrogen-bond acceptors (Lipinski definition) is 3. The van der Waals surface area contributed by atoms with Gasteiger partial charge in [-0.25, -0.2) is 0 Å². The summed E-state index contributed by atoms with van der Waals surface area (Å²) < 4.78 is 5.34. The predicted molar refractivity (Wildman–Crippen MR) is 91.5 cm³/mol.